The number of halogens is 3. The summed E-state index contributed by atoms with van der Waals surface area (Å²) in [7, 11) is 0. The molecule has 1 aliphatic heterocycles. The third-order valence-electron chi connectivity index (χ3n) is 6.82. The highest BCUT2D eigenvalue weighted by molar-refractivity contribution is 5.91. The Morgan fingerprint density at radius 3 is 2.38 bits per heavy atom. The number of hydrogen-bond acceptors (Lipinski definition) is 5. The van der Waals surface area contributed by atoms with E-state index in [9.17, 15) is 13.2 Å². The van der Waals surface area contributed by atoms with Crippen molar-refractivity contribution >= 4 is 16.9 Å². The second-order valence-corrected chi connectivity index (χ2v) is 9.56. The lowest BCUT2D eigenvalue weighted by molar-refractivity contribution is -0.137. The van der Waals surface area contributed by atoms with E-state index in [0.29, 0.717) is 12.1 Å². The molecular formula is C28H31F3N6. The summed E-state index contributed by atoms with van der Waals surface area (Å²) in [5.74, 6) is 1.71. The van der Waals surface area contributed by atoms with E-state index < -0.39 is 11.7 Å². The van der Waals surface area contributed by atoms with E-state index in [-0.39, 0.29) is 0 Å². The zero-order chi connectivity index (χ0) is 26.0. The average Bonchev–Trinajstić information content (AvgIpc) is 3.24. The zero-order valence-electron chi connectivity index (χ0n) is 21.2. The van der Waals surface area contributed by atoms with Gasteiger partial charge in [0.1, 0.15) is 11.6 Å². The summed E-state index contributed by atoms with van der Waals surface area (Å²) in [4.78, 5) is 14.4. The van der Waals surface area contributed by atoms with Crippen molar-refractivity contribution in [3.63, 3.8) is 0 Å². The molecule has 0 N–H and O–H groups in total. The highest BCUT2D eigenvalue weighted by Crippen LogP contribution is 2.31. The average molecular weight is 509 g/mol. The number of para-hydroxylation sites is 1. The van der Waals surface area contributed by atoms with Crippen LogP contribution in [0.2, 0.25) is 0 Å². The molecule has 2 aromatic carbocycles. The number of piperazine rings is 1. The molecule has 3 heterocycles. The molecule has 0 bridgehead atoms. The molecule has 0 radical (unpaired) electrons. The second-order valence-electron chi connectivity index (χ2n) is 9.56. The number of unbranched alkanes of at least 4 members (excludes halogenated alkanes) is 1. The summed E-state index contributed by atoms with van der Waals surface area (Å²) in [6.45, 7) is 7.56. The third-order valence-corrected chi connectivity index (χ3v) is 6.82. The normalized spacial score (nSPS) is 15.0. The maximum atomic E-state index is 13.1. The van der Waals surface area contributed by atoms with Crippen molar-refractivity contribution in [1.82, 2.24) is 24.6 Å². The molecule has 37 heavy (non-hydrogen) atoms. The van der Waals surface area contributed by atoms with Gasteiger partial charge in [0.2, 0.25) is 0 Å². The number of anilines is 1. The minimum absolute atomic E-state index is 0.490. The lowest BCUT2D eigenvalue weighted by Crippen LogP contribution is -2.46. The van der Waals surface area contributed by atoms with E-state index in [1.165, 1.54) is 12.1 Å². The molecule has 0 unspecified atom stereocenters. The number of fused-ring (bicyclic) bond motifs is 1. The number of rotatable bonds is 7. The van der Waals surface area contributed by atoms with Crippen molar-refractivity contribution in [3.05, 3.63) is 77.2 Å². The van der Waals surface area contributed by atoms with Crippen molar-refractivity contribution < 1.29 is 13.2 Å². The summed E-state index contributed by atoms with van der Waals surface area (Å²) >= 11 is 0. The fourth-order valence-corrected chi connectivity index (χ4v) is 4.85. The Morgan fingerprint density at radius 1 is 0.919 bits per heavy atom. The molecule has 5 rings (SSSR count). The lowest BCUT2D eigenvalue weighted by atomic mass is 10.1. The van der Waals surface area contributed by atoms with Gasteiger partial charge in [-0.2, -0.15) is 18.3 Å². The maximum absolute atomic E-state index is 13.1. The first-order chi connectivity index (χ1) is 17.8. The van der Waals surface area contributed by atoms with E-state index in [0.717, 1.165) is 85.6 Å². The van der Waals surface area contributed by atoms with Crippen LogP contribution in [0.25, 0.3) is 16.7 Å². The van der Waals surface area contributed by atoms with Gasteiger partial charge in [-0.15, -0.1) is 0 Å². The Morgan fingerprint density at radius 2 is 1.68 bits per heavy atom. The van der Waals surface area contributed by atoms with Gasteiger partial charge in [0.15, 0.2) is 5.65 Å². The summed E-state index contributed by atoms with van der Waals surface area (Å²) in [6, 6.07) is 15.6. The summed E-state index contributed by atoms with van der Waals surface area (Å²) in [5, 5.41) is 5.78. The van der Waals surface area contributed by atoms with Crippen molar-refractivity contribution in [2.24, 2.45) is 0 Å². The molecule has 2 aromatic heterocycles. The van der Waals surface area contributed by atoms with Crippen LogP contribution in [0.15, 0.2) is 54.6 Å². The molecule has 6 nitrogen and oxygen atoms in total. The molecule has 1 saturated heterocycles. The van der Waals surface area contributed by atoms with Crippen LogP contribution in [0.3, 0.4) is 0 Å². The summed E-state index contributed by atoms with van der Waals surface area (Å²) in [5.41, 5.74) is 2.72. The summed E-state index contributed by atoms with van der Waals surface area (Å²) in [6.07, 6.45) is -1.46. The van der Waals surface area contributed by atoms with Crippen LogP contribution >= 0.6 is 0 Å². The van der Waals surface area contributed by atoms with Gasteiger partial charge in [-0.1, -0.05) is 49.7 Å². The molecule has 194 valence electrons. The predicted molar refractivity (Wildman–Crippen MR) is 139 cm³/mol. The molecule has 0 spiro atoms. The fourth-order valence-electron chi connectivity index (χ4n) is 4.85. The monoisotopic (exact) mass is 508 g/mol. The van der Waals surface area contributed by atoms with Crippen molar-refractivity contribution in [1.29, 1.82) is 0 Å². The minimum Gasteiger partial charge on any atom is -0.353 e. The molecule has 0 amide bonds. The van der Waals surface area contributed by atoms with E-state index in [2.05, 4.69) is 16.7 Å². The van der Waals surface area contributed by atoms with E-state index >= 15 is 0 Å². The Bertz CT molecular complexity index is 1360. The molecule has 1 aliphatic rings. The SMILES string of the molecule is CCCCc1nc(N2CCN(Cc3cccc(C(F)(F)F)c3)CC2)c2c(C)nn(-c3ccccc3)c2n1. The van der Waals surface area contributed by atoms with Crippen molar-refractivity contribution in [2.45, 2.75) is 45.8 Å². The van der Waals surface area contributed by atoms with Gasteiger partial charge in [-0.3, -0.25) is 4.90 Å². The number of alkyl halides is 3. The lowest BCUT2D eigenvalue weighted by Gasteiger charge is -2.36. The molecule has 9 heteroatoms. The summed E-state index contributed by atoms with van der Waals surface area (Å²) < 4.78 is 41.3. The largest absolute Gasteiger partial charge is 0.416 e. The van der Waals surface area contributed by atoms with Gasteiger partial charge in [0.05, 0.1) is 22.3 Å². The van der Waals surface area contributed by atoms with Crippen molar-refractivity contribution in [3.8, 4) is 5.69 Å². The van der Waals surface area contributed by atoms with E-state index in [1.807, 2.05) is 41.9 Å². The maximum Gasteiger partial charge on any atom is 0.416 e. The van der Waals surface area contributed by atoms with Crippen LogP contribution in [0.1, 0.15) is 42.4 Å². The van der Waals surface area contributed by atoms with E-state index in [4.69, 9.17) is 15.1 Å². The molecule has 0 saturated carbocycles. The van der Waals surface area contributed by atoms with Gasteiger partial charge < -0.3 is 4.90 Å². The van der Waals surface area contributed by atoms with Crippen LogP contribution in [0, 0.1) is 6.92 Å². The van der Waals surface area contributed by atoms with Crippen LogP contribution < -0.4 is 4.90 Å². The van der Waals surface area contributed by atoms with Crippen LogP contribution in [0.4, 0.5) is 19.0 Å². The standard InChI is InChI=1S/C28H31F3N6/c1-3-4-13-24-32-26(25-20(2)34-37(27(25)33-24)23-11-6-5-7-12-23)36-16-14-35(15-17-36)19-21-9-8-10-22(18-21)28(29,30)31/h5-12,18H,3-4,13-17,19H2,1-2H3. The Hall–Kier alpha value is -3.46. The predicted octanol–water partition coefficient (Wildman–Crippen LogP) is 5.81. The number of benzene rings is 2. The zero-order valence-corrected chi connectivity index (χ0v) is 21.2. The number of nitrogens with zero attached hydrogens (tertiary/aromatic N) is 6. The van der Waals surface area contributed by atoms with Crippen LogP contribution in [-0.2, 0) is 19.1 Å². The third kappa shape index (κ3) is 5.46. The molecule has 1 fully saturated rings. The van der Waals surface area contributed by atoms with Gasteiger partial charge in [0.25, 0.3) is 0 Å². The highest BCUT2D eigenvalue weighted by Gasteiger charge is 2.31. The minimum atomic E-state index is -4.33. The van der Waals surface area contributed by atoms with Gasteiger partial charge in [-0.05, 0) is 37.1 Å². The molecule has 0 aliphatic carbocycles. The fraction of sp³-hybridized carbons (Fsp3) is 0.393. The highest BCUT2D eigenvalue weighted by atomic mass is 19.4. The quantitative estimate of drug-likeness (QED) is 0.316. The molecular weight excluding hydrogens is 477 g/mol. The van der Waals surface area contributed by atoms with Gasteiger partial charge in [0, 0.05) is 39.1 Å². The number of aryl methyl sites for hydroxylation is 2. The first-order valence-electron chi connectivity index (χ1n) is 12.8. The smallest absolute Gasteiger partial charge is 0.353 e. The first-order valence-corrected chi connectivity index (χ1v) is 12.8. The molecule has 0 atom stereocenters. The molecule has 4 aromatic rings. The number of aromatic nitrogens is 4. The number of hydrogen-bond donors (Lipinski definition) is 0. The Balaban J connectivity index is 1.40. The topological polar surface area (TPSA) is 50.1 Å². The van der Waals surface area contributed by atoms with Crippen LogP contribution in [0.5, 0.6) is 0 Å². The van der Waals surface area contributed by atoms with Crippen molar-refractivity contribution in [2.75, 3.05) is 31.1 Å². The van der Waals surface area contributed by atoms with E-state index in [1.54, 1.807) is 6.07 Å². The second kappa shape index (κ2) is 10.5. The first kappa shape index (κ1) is 25.2. The Labute approximate surface area is 214 Å². The van der Waals surface area contributed by atoms with Gasteiger partial charge >= 0.3 is 6.18 Å². The van der Waals surface area contributed by atoms with Crippen LogP contribution in [-0.4, -0.2) is 50.8 Å². The Kier molecular flexibility index (Phi) is 7.15. The van der Waals surface area contributed by atoms with Gasteiger partial charge in [-0.25, -0.2) is 14.6 Å².